The van der Waals surface area contributed by atoms with Crippen molar-refractivity contribution >= 4 is 27.5 Å². The molecule has 0 spiro atoms. The van der Waals surface area contributed by atoms with Gasteiger partial charge in [-0.2, -0.15) is 0 Å². The fourth-order valence-electron chi connectivity index (χ4n) is 1.78. The van der Waals surface area contributed by atoms with Crippen LogP contribution in [0.1, 0.15) is 5.56 Å². The van der Waals surface area contributed by atoms with Crippen LogP contribution in [0.4, 0.5) is 5.69 Å². The minimum atomic E-state index is 0.905. The first kappa shape index (κ1) is 8.92. The Morgan fingerprint density at radius 3 is 3.13 bits per heavy atom. The number of aliphatic imine (C=N–C) groups is 1. The van der Waals surface area contributed by atoms with Crippen LogP contribution in [0.15, 0.2) is 52.1 Å². The van der Waals surface area contributed by atoms with Gasteiger partial charge in [-0.15, -0.1) is 0 Å². The Hall–Kier alpha value is -1.35. The first-order chi connectivity index (χ1) is 7.33. The number of hydrogen-bond donors (Lipinski definition) is 0. The van der Waals surface area contributed by atoms with E-state index in [0.29, 0.717) is 0 Å². The van der Waals surface area contributed by atoms with Crippen molar-refractivity contribution in [3.05, 3.63) is 52.7 Å². The van der Waals surface area contributed by atoms with E-state index in [0.717, 1.165) is 22.5 Å². The Labute approximate surface area is 96.8 Å². The zero-order valence-corrected chi connectivity index (χ0v) is 9.61. The summed E-state index contributed by atoms with van der Waals surface area (Å²) in [6, 6.07) is 6.24. The highest BCUT2D eigenvalue weighted by Crippen LogP contribution is 2.30. The second kappa shape index (κ2) is 3.35. The molecule has 3 rings (SSSR count). The van der Waals surface area contributed by atoms with Crippen molar-refractivity contribution in [2.45, 2.75) is 6.54 Å². The summed E-state index contributed by atoms with van der Waals surface area (Å²) in [6.07, 6.45) is 8.13. The molecule has 1 aromatic rings. The summed E-state index contributed by atoms with van der Waals surface area (Å²) in [7, 11) is 0. The van der Waals surface area contributed by atoms with E-state index in [9.17, 15) is 0 Å². The molecule has 0 N–H and O–H groups in total. The van der Waals surface area contributed by atoms with E-state index < -0.39 is 0 Å². The summed E-state index contributed by atoms with van der Waals surface area (Å²) in [5.41, 5.74) is 2.33. The lowest BCUT2D eigenvalue weighted by atomic mass is 10.1. The average molecular weight is 261 g/mol. The van der Waals surface area contributed by atoms with E-state index >= 15 is 0 Å². The van der Waals surface area contributed by atoms with Crippen molar-refractivity contribution in [3.8, 4) is 0 Å². The SMILES string of the molecule is Brc1ccc2c(c1)N=C1C=CC=CN1C2. The summed E-state index contributed by atoms with van der Waals surface area (Å²) < 4.78 is 1.08. The number of nitrogens with zero attached hydrogens (tertiary/aromatic N) is 2. The molecule has 15 heavy (non-hydrogen) atoms. The van der Waals surface area contributed by atoms with E-state index in [4.69, 9.17) is 0 Å². The van der Waals surface area contributed by atoms with Gasteiger partial charge in [-0.05, 0) is 29.8 Å². The minimum Gasteiger partial charge on any atom is -0.329 e. The van der Waals surface area contributed by atoms with E-state index in [1.54, 1.807) is 0 Å². The Bertz CT molecular complexity index is 500. The molecular weight excluding hydrogens is 252 g/mol. The second-order valence-electron chi connectivity index (χ2n) is 3.57. The van der Waals surface area contributed by atoms with Gasteiger partial charge in [-0.1, -0.05) is 28.1 Å². The highest BCUT2D eigenvalue weighted by atomic mass is 79.9. The van der Waals surface area contributed by atoms with E-state index in [1.807, 2.05) is 18.2 Å². The van der Waals surface area contributed by atoms with E-state index in [1.165, 1.54) is 5.56 Å². The molecule has 0 radical (unpaired) electrons. The summed E-state index contributed by atoms with van der Waals surface area (Å²) in [5, 5.41) is 0. The number of rotatable bonds is 0. The highest BCUT2D eigenvalue weighted by Gasteiger charge is 2.17. The maximum Gasteiger partial charge on any atom is 0.133 e. The predicted molar refractivity (Wildman–Crippen MR) is 65.1 cm³/mol. The largest absolute Gasteiger partial charge is 0.329 e. The molecule has 2 aliphatic heterocycles. The van der Waals surface area contributed by atoms with Crippen LogP contribution in [0.3, 0.4) is 0 Å². The predicted octanol–water partition coefficient (Wildman–Crippen LogP) is 3.38. The number of amidine groups is 1. The lowest BCUT2D eigenvalue weighted by molar-refractivity contribution is 0.544. The van der Waals surface area contributed by atoms with Gasteiger partial charge in [-0.3, -0.25) is 0 Å². The first-order valence-corrected chi connectivity index (χ1v) is 5.61. The Kier molecular flexibility index (Phi) is 1.99. The summed E-state index contributed by atoms with van der Waals surface area (Å²) in [4.78, 5) is 6.75. The van der Waals surface area contributed by atoms with Gasteiger partial charge in [-0.25, -0.2) is 4.99 Å². The van der Waals surface area contributed by atoms with Gasteiger partial charge < -0.3 is 4.90 Å². The second-order valence-corrected chi connectivity index (χ2v) is 4.49. The molecule has 2 aliphatic rings. The first-order valence-electron chi connectivity index (χ1n) is 4.81. The average Bonchev–Trinajstić information content (AvgIpc) is 2.26. The lowest BCUT2D eigenvalue weighted by Crippen LogP contribution is -2.27. The molecule has 74 valence electrons. The summed E-state index contributed by atoms with van der Waals surface area (Å²) >= 11 is 3.46. The molecule has 0 amide bonds. The number of benzene rings is 1. The quantitative estimate of drug-likeness (QED) is 0.699. The van der Waals surface area contributed by atoms with Crippen molar-refractivity contribution in [1.29, 1.82) is 0 Å². The third kappa shape index (κ3) is 1.53. The molecule has 1 aromatic carbocycles. The normalized spacial score (nSPS) is 17.1. The van der Waals surface area contributed by atoms with E-state index in [2.05, 4.69) is 50.2 Å². The van der Waals surface area contributed by atoms with Crippen LogP contribution >= 0.6 is 15.9 Å². The molecular formula is C12H9BrN2. The zero-order valence-electron chi connectivity index (χ0n) is 8.02. The number of allylic oxidation sites excluding steroid dienone is 2. The molecule has 0 saturated heterocycles. The third-order valence-corrected chi connectivity index (χ3v) is 3.03. The van der Waals surface area contributed by atoms with Crippen LogP contribution in [0.25, 0.3) is 0 Å². The Morgan fingerprint density at radius 2 is 2.20 bits per heavy atom. The molecule has 0 bridgehead atoms. The molecule has 0 fully saturated rings. The van der Waals surface area contributed by atoms with Gasteiger partial charge in [0.15, 0.2) is 0 Å². The maximum atomic E-state index is 4.60. The molecule has 0 aliphatic carbocycles. The van der Waals surface area contributed by atoms with Crippen molar-refractivity contribution in [2.24, 2.45) is 4.99 Å². The Morgan fingerprint density at radius 1 is 1.27 bits per heavy atom. The molecule has 0 atom stereocenters. The zero-order chi connectivity index (χ0) is 10.3. The molecule has 2 nitrogen and oxygen atoms in total. The van der Waals surface area contributed by atoms with Crippen LogP contribution in [-0.2, 0) is 6.54 Å². The topological polar surface area (TPSA) is 15.6 Å². The fraction of sp³-hybridized carbons (Fsp3) is 0.0833. The number of hydrogen-bond acceptors (Lipinski definition) is 2. The smallest absolute Gasteiger partial charge is 0.133 e. The van der Waals surface area contributed by atoms with Crippen molar-refractivity contribution in [3.63, 3.8) is 0 Å². The summed E-state index contributed by atoms with van der Waals surface area (Å²) in [5.74, 6) is 1.02. The highest BCUT2D eigenvalue weighted by molar-refractivity contribution is 9.10. The van der Waals surface area contributed by atoms with Gasteiger partial charge in [0, 0.05) is 10.7 Å². The fourth-order valence-corrected chi connectivity index (χ4v) is 2.13. The van der Waals surface area contributed by atoms with Gasteiger partial charge >= 0.3 is 0 Å². The van der Waals surface area contributed by atoms with Crippen LogP contribution in [-0.4, -0.2) is 10.7 Å². The third-order valence-electron chi connectivity index (χ3n) is 2.54. The van der Waals surface area contributed by atoms with Crippen molar-refractivity contribution < 1.29 is 0 Å². The molecule has 0 unspecified atom stereocenters. The van der Waals surface area contributed by atoms with Crippen molar-refractivity contribution in [1.82, 2.24) is 4.90 Å². The van der Waals surface area contributed by atoms with Crippen LogP contribution in [0.2, 0.25) is 0 Å². The number of halogens is 1. The molecule has 3 heteroatoms. The van der Waals surface area contributed by atoms with Crippen LogP contribution < -0.4 is 0 Å². The van der Waals surface area contributed by atoms with Gasteiger partial charge in [0.05, 0.1) is 12.2 Å². The standard InChI is InChI=1S/C12H9BrN2/c13-10-5-4-9-8-15-6-2-1-3-12(15)14-11(9)7-10/h1-7H,8H2. The molecule has 0 aromatic heterocycles. The lowest BCUT2D eigenvalue weighted by Gasteiger charge is -2.27. The number of fused-ring (bicyclic) bond motifs is 2. The van der Waals surface area contributed by atoms with Crippen LogP contribution in [0, 0.1) is 0 Å². The molecule has 0 saturated carbocycles. The van der Waals surface area contributed by atoms with Gasteiger partial charge in [0.25, 0.3) is 0 Å². The van der Waals surface area contributed by atoms with Crippen LogP contribution in [0.5, 0.6) is 0 Å². The van der Waals surface area contributed by atoms with E-state index in [-0.39, 0.29) is 0 Å². The maximum absolute atomic E-state index is 4.60. The van der Waals surface area contributed by atoms with Gasteiger partial charge in [0.1, 0.15) is 5.84 Å². The molecule has 2 heterocycles. The van der Waals surface area contributed by atoms with Gasteiger partial charge in [0.2, 0.25) is 0 Å². The minimum absolute atomic E-state index is 0.905. The van der Waals surface area contributed by atoms with Crippen molar-refractivity contribution in [2.75, 3.05) is 0 Å². The Balaban J connectivity index is 2.12. The summed E-state index contributed by atoms with van der Waals surface area (Å²) in [6.45, 7) is 0.905. The monoisotopic (exact) mass is 260 g/mol.